The molecule has 4 aromatic rings. The van der Waals surface area contributed by atoms with Crippen LogP contribution in [0.25, 0.3) is 0 Å². The maximum absolute atomic E-state index is 15.2. The molecule has 47 heavy (non-hydrogen) atoms. The molecule has 1 N–H and O–H groups in total. The molecule has 0 aliphatic carbocycles. The van der Waals surface area contributed by atoms with E-state index in [2.05, 4.69) is 17.8 Å². The Morgan fingerprint density at radius 2 is 1.19 bits per heavy atom. The van der Waals surface area contributed by atoms with Gasteiger partial charge in [0.1, 0.15) is 11.5 Å². The molecule has 0 spiro atoms. The van der Waals surface area contributed by atoms with Crippen LogP contribution in [0.4, 0.5) is 24.5 Å². The zero-order valence-corrected chi connectivity index (χ0v) is 24.3. The van der Waals surface area contributed by atoms with Gasteiger partial charge >= 0.3 is 6.18 Å². The number of terminal acetylenes is 2. The van der Waals surface area contributed by atoms with Gasteiger partial charge in [0.15, 0.2) is 0 Å². The Balaban J connectivity index is 1.48. The molecule has 1 unspecified atom stereocenters. The number of hydrogen-bond donors (Lipinski definition) is 1. The summed E-state index contributed by atoms with van der Waals surface area (Å²) in [6.07, 6.45) is 7.55. The van der Waals surface area contributed by atoms with E-state index in [-0.39, 0.29) is 44.8 Å². The molecule has 1 atom stereocenters. The molecule has 4 amide bonds. The molecule has 7 nitrogen and oxygen atoms in total. The summed E-state index contributed by atoms with van der Waals surface area (Å²) in [6.45, 7) is 0.895. The molecular formula is C37H19F3N2O5. The third kappa shape index (κ3) is 4.53. The van der Waals surface area contributed by atoms with Crippen LogP contribution in [0.3, 0.4) is 0 Å². The number of rotatable bonds is 4. The minimum absolute atomic E-state index is 0.0103. The number of aliphatic hydroxyl groups excluding tert-OH is 1. The maximum atomic E-state index is 15.2. The number of aliphatic hydroxyl groups is 1. The van der Waals surface area contributed by atoms with Gasteiger partial charge in [-0.3, -0.25) is 19.2 Å². The number of imide groups is 2. The van der Waals surface area contributed by atoms with E-state index in [0.29, 0.717) is 16.0 Å². The molecular weight excluding hydrogens is 609 g/mol. The number of fused-ring (bicyclic) bond motifs is 2. The number of alkyl halides is 3. The average molecular weight is 629 g/mol. The van der Waals surface area contributed by atoms with E-state index in [9.17, 15) is 24.3 Å². The van der Waals surface area contributed by atoms with Crippen LogP contribution >= 0.6 is 0 Å². The van der Waals surface area contributed by atoms with Gasteiger partial charge in [0.25, 0.3) is 23.6 Å². The molecule has 0 bridgehead atoms. The highest BCUT2D eigenvalue weighted by molar-refractivity contribution is 6.35. The molecule has 6 rings (SSSR count). The van der Waals surface area contributed by atoms with Crippen LogP contribution in [-0.4, -0.2) is 34.9 Å². The number of amides is 4. The Hall–Kier alpha value is -6.57. The summed E-state index contributed by atoms with van der Waals surface area (Å²) >= 11 is 0. The fraction of sp³-hybridized carbons (Fsp3) is 0.0811. The van der Waals surface area contributed by atoms with Gasteiger partial charge in [-0.15, -0.1) is 12.8 Å². The number of anilines is 2. The van der Waals surface area contributed by atoms with Gasteiger partial charge in [-0.05, 0) is 84.6 Å². The van der Waals surface area contributed by atoms with E-state index in [1.54, 1.807) is 6.11 Å². The summed E-state index contributed by atoms with van der Waals surface area (Å²) in [5, 5.41) is 9.35. The number of nitrogens with zero attached hydrogens (tertiary/aromatic N) is 2. The van der Waals surface area contributed by atoms with Crippen LogP contribution in [-0.2, 0) is 5.41 Å². The fourth-order valence-corrected chi connectivity index (χ4v) is 5.76. The Morgan fingerprint density at radius 1 is 0.660 bits per heavy atom. The Labute approximate surface area is 266 Å². The molecule has 0 saturated heterocycles. The summed E-state index contributed by atoms with van der Waals surface area (Å²) in [7, 11) is 0. The van der Waals surface area contributed by atoms with Gasteiger partial charge in [0.2, 0.25) is 0 Å². The van der Waals surface area contributed by atoms with Gasteiger partial charge in [-0.1, -0.05) is 30.0 Å². The van der Waals surface area contributed by atoms with Gasteiger partial charge in [0, 0.05) is 11.1 Å². The van der Waals surface area contributed by atoms with Gasteiger partial charge < -0.3 is 5.11 Å². The average Bonchev–Trinajstić information content (AvgIpc) is 3.46. The van der Waals surface area contributed by atoms with E-state index in [1.165, 1.54) is 54.6 Å². The van der Waals surface area contributed by atoms with Crippen LogP contribution in [0, 0.1) is 36.7 Å². The first kappa shape index (κ1) is 30.5. The number of carbonyl (C=O) groups is 4. The summed E-state index contributed by atoms with van der Waals surface area (Å²) in [6, 6.07) is 16.5. The van der Waals surface area contributed by atoms with Crippen molar-refractivity contribution in [3.63, 3.8) is 0 Å². The Kier molecular flexibility index (Phi) is 7.00. The first-order valence-corrected chi connectivity index (χ1v) is 13.8. The lowest BCUT2D eigenvalue weighted by atomic mass is 9.75. The molecule has 2 aliphatic heterocycles. The van der Waals surface area contributed by atoms with Crippen LogP contribution < -0.4 is 9.80 Å². The number of hydrogen-bond acceptors (Lipinski definition) is 5. The maximum Gasteiger partial charge on any atom is 0.402 e. The molecule has 2 aliphatic rings. The first-order valence-electron chi connectivity index (χ1n) is 13.8. The Bertz CT molecular complexity index is 2250. The molecule has 0 fully saturated rings. The van der Waals surface area contributed by atoms with Crippen molar-refractivity contribution in [2.45, 2.75) is 18.5 Å². The molecule has 0 aromatic heterocycles. The third-order valence-corrected chi connectivity index (χ3v) is 8.36. The highest BCUT2D eigenvalue weighted by atomic mass is 19.4. The number of halogens is 3. The minimum atomic E-state index is -4.99. The summed E-state index contributed by atoms with van der Waals surface area (Å²) in [4.78, 5) is 54.9. The SMILES string of the molecule is C#Cc1ccc2c(c1)C(=O)N(c1cccc(C(C)(c3ccc(C#CO)c(N4C(=O)c5ccc(C#C)cc5C4=O)c3)C(F)(F)F)c1)C2=O. The summed E-state index contributed by atoms with van der Waals surface area (Å²) in [5.74, 6) is 3.94. The van der Waals surface area contributed by atoms with E-state index in [4.69, 9.17) is 12.8 Å². The van der Waals surface area contributed by atoms with Crippen molar-refractivity contribution >= 4 is 35.0 Å². The third-order valence-electron chi connectivity index (χ3n) is 8.36. The van der Waals surface area contributed by atoms with Crippen molar-refractivity contribution in [1.29, 1.82) is 0 Å². The van der Waals surface area contributed by atoms with Crippen LogP contribution in [0.1, 0.15) is 76.2 Å². The largest absolute Gasteiger partial charge is 0.462 e. The smallest absolute Gasteiger partial charge is 0.402 e. The van der Waals surface area contributed by atoms with Crippen LogP contribution in [0.2, 0.25) is 0 Å². The van der Waals surface area contributed by atoms with Crippen molar-refractivity contribution in [1.82, 2.24) is 0 Å². The van der Waals surface area contributed by atoms with E-state index in [0.717, 1.165) is 36.1 Å². The van der Waals surface area contributed by atoms with E-state index < -0.39 is 40.8 Å². The second-order valence-corrected chi connectivity index (χ2v) is 10.8. The molecule has 0 radical (unpaired) electrons. The molecule has 228 valence electrons. The predicted molar refractivity (Wildman–Crippen MR) is 165 cm³/mol. The number of carbonyl (C=O) groups excluding carboxylic acids is 4. The molecule has 0 saturated carbocycles. The van der Waals surface area contributed by atoms with Gasteiger partial charge in [-0.2, -0.15) is 13.2 Å². The summed E-state index contributed by atoms with van der Waals surface area (Å²) < 4.78 is 45.7. The molecule has 4 aromatic carbocycles. The lowest BCUT2D eigenvalue weighted by Crippen LogP contribution is -2.41. The minimum Gasteiger partial charge on any atom is -0.462 e. The molecule has 10 heteroatoms. The van der Waals surface area contributed by atoms with Crippen LogP contribution in [0.5, 0.6) is 0 Å². The van der Waals surface area contributed by atoms with Crippen molar-refractivity contribution in [3.8, 4) is 36.7 Å². The second-order valence-electron chi connectivity index (χ2n) is 10.8. The van der Waals surface area contributed by atoms with Crippen molar-refractivity contribution in [2.75, 3.05) is 9.80 Å². The zero-order chi connectivity index (χ0) is 33.8. The van der Waals surface area contributed by atoms with Crippen molar-refractivity contribution < 1.29 is 37.5 Å². The van der Waals surface area contributed by atoms with Crippen molar-refractivity contribution in [3.05, 3.63) is 129 Å². The van der Waals surface area contributed by atoms with Gasteiger partial charge in [0.05, 0.1) is 39.2 Å². The van der Waals surface area contributed by atoms with Crippen LogP contribution in [0.15, 0.2) is 78.9 Å². The second kappa shape index (κ2) is 10.8. The fourth-order valence-electron chi connectivity index (χ4n) is 5.76. The normalized spacial score (nSPS) is 14.9. The van der Waals surface area contributed by atoms with E-state index in [1.807, 2.05) is 0 Å². The number of benzene rings is 4. The zero-order valence-electron chi connectivity index (χ0n) is 24.3. The lowest BCUT2D eigenvalue weighted by molar-refractivity contribution is -0.173. The predicted octanol–water partition coefficient (Wildman–Crippen LogP) is 5.80. The van der Waals surface area contributed by atoms with E-state index >= 15 is 13.2 Å². The monoisotopic (exact) mass is 628 g/mol. The standard InChI is InChI=1S/C37H19F3N2O5/c1-4-21-9-13-27-29(17-21)34(46)41(32(27)44)26-8-6-7-24(19-26)36(3,37(38,39)40)25-12-11-23(15-16-43)31(20-25)42-33(45)28-14-10-22(5-2)18-30(28)35(42)47/h1-2,6-14,17-20,43H,3H3. The van der Waals surface area contributed by atoms with Gasteiger partial charge in [-0.25, -0.2) is 9.80 Å². The molecule has 2 heterocycles. The highest BCUT2D eigenvalue weighted by Gasteiger charge is 2.54. The quantitative estimate of drug-likeness (QED) is 0.228. The van der Waals surface area contributed by atoms with Crippen molar-refractivity contribution in [2.24, 2.45) is 0 Å². The summed E-state index contributed by atoms with van der Waals surface area (Å²) in [5.41, 5.74) is -3.38. The first-order chi connectivity index (χ1) is 22.3. The topological polar surface area (TPSA) is 95.0 Å². The Morgan fingerprint density at radius 3 is 1.74 bits per heavy atom. The highest BCUT2D eigenvalue weighted by Crippen LogP contribution is 2.48. The lowest BCUT2D eigenvalue weighted by Gasteiger charge is -2.34.